The highest BCUT2D eigenvalue weighted by Gasteiger charge is 2.15. The number of halogens is 1. The molecule has 0 spiro atoms. The quantitative estimate of drug-likeness (QED) is 0.585. The minimum Gasteiger partial charge on any atom is -0.321 e. The highest BCUT2D eigenvalue weighted by molar-refractivity contribution is 6.05. The fraction of sp³-hybridized carbons (Fsp3) is 0.0952. The summed E-state index contributed by atoms with van der Waals surface area (Å²) in [6, 6.07) is 15.3. The summed E-state index contributed by atoms with van der Waals surface area (Å²) in [5, 5.41) is 7.21. The molecule has 7 heteroatoms. The summed E-state index contributed by atoms with van der Waals surface area (Å²) in [5.41, 5.74) is 1.87. The number of hydrogen-bond donors (Lipinski definition) is 1. The number of aromatic nitrogens is 4. The Morgan fingerprint density at radius 3 is 2.43 bits per heavy atom. The average Bonchev–Trinajstić information content (AvgIpc) is 3.31. The Morgan fingerprint density at radius 1 is 1.00 bits per heavy atom. The molecule has 0 aliphatic rings. The Hall–Kier alpha value is -3.74. The highest BCUT2D eigenvalue weighted by atomic mass is 19.1. The van der Waals surface area contributed by atoms with E-state index in [2.05, 4.69) is 15.4 Å². The predicted molar refractivity (Wildman–Crippen MR) is 105 cm³/mol. The molecule has 0 radical (unpaired) electrons. The molecule has 0 saturated carbocycles. The summed E-state index contributed by atoms with van der Waals surface area (Å²) < 4.78 is 17.8. The molecule has 2 aromatic heterocycles. The van der Waals surface area contributed by atoms with Gasteiger partial charge in [-0.3, -0.25) is 4.79 Å². The first-order chi connectivity index (χ1) is 13.5. The largest absolute Gasteiger partial charge is 0.321 e. The zero-order valence-corrected chi connectivity index (χ0v) is 15.4. The minimum atomic E-state index is -0.472. The van der Waals surface area contributed by atoms with Crippen molar-refractivity contribution in [2.45, 2.75) is 13.8 Å². The van der Waals surface area contributed by atoms with Gasteiger partial charge in [-0.25, -0.2) is 14.1 Å². The van der Waals surface area contributed by atoms with Crippen molar-refractivity contribution in [3.63, 3.8) is 0 Å². The van der Waals surface area contributed by atoms with E-state index in [1.807, 2.05) is 37.3 Å². The second kappa shape index (κ2) is 7.11. The van der Waals surface area contributed by atoms with Gasteiger partial charge >= 0.3 is 0 Å². The molecule has 2 heterocycles. The van der Waals surface area contributed by atoms with Crippen LogP contribution in [0.4, 0.5) is 10.1 Å². The third-order valence-corrected chi connectivity index (χ3v) is 4.35. The van der Waals surface area contributed by atoms with Gasteiger partial charge in [0.2, 0.25) is 0 Å². The van der Waals surface area contributed by atoms with Crippen molar-refractivity contribution in [1.82, 2.24) is 19.3 Å². The number of nitrogens with one attached hydrogen (secondary N) is 1. The van der Waals surface area contributed by atoms with E-state index >= 15 is 0 Å². The van der Waals surface area contributed by atoms with E-state index in [4.69, 9.17) is 0 Å². The lowest BCUT2D eigenvalue weighted by Gasteiger charge is -2.12. The Morgan fingerprint density at radius 2 is 1.75 bits per heavy atom. The van der Waals surface area contributed by atoms with E-state index in [1.165, 1.54) is 6.07 Å². The van der Waals surface area contributed by atoms with Crippen molar-refractivity contribution in [3.8, 4) is 11.4 Å². The van der Waals surface area contributed by atoms with E-state index in [1.54, 1.807) is 46.8 Å². The maximum Gasteiger partial charge on any atom is 0.255 e. The maximum atomic E-state index is 14.5. The molecule has 28 heavy (non-hydrogen) atoms. The first-order valence-electron chi connectivity index (χ1n) is 8.77. The summed E-state index contributed by atoms with van der Waals surface area (Å²) in [7, 11) is 0. The van der Waals surface area contributed by atoms with Crippen molar-refractivity contribution in [2.24, 2.45) is 0 Å². The number of carbonyl (C=O) groups is 1. The Labute approximate surface area is 161 Å². The lowest BCUT2D eigenvalue weighted by Crippen LogP contribution is -2.15. The molecule has 0 unspecified atom stereocenters. The summed E-state index contributed by atoms with van der Waals surface area (Å²) in [4.78, 5) is 17.0. The fourth-order valence-electron chi connectivity index (χ4n) is 3.06. The van der Waals surface area contributed by atoms with Gasteiger partial charge < -0.3 is 9.88 Å². The van der Waals surface area contributed by atoms with Crippen molar-refractivity contribution in [1.29, 1.82) is 0 Å². The standard InChI is InChI=1S/C21H18FN5O/c1-14-23-15(2)27(25-14)20-8-4-3-7-18(20)24-21(28)16-9-10-19(17(22)13-16)26-11-5-6-12-26/h3-13H,1-2H3,(H,24,28). The van der Waals surface area contributed by atoms with Crippen LogP contribution in [0, 0.1) is 19.7 Å². The van der Waals surface area contributed by atoms with Crippen LogP contribution >= 0.6 is 0 Å². The molecule has 0 fully saturated rings. The van der Waals surface area contributed by atoms with Crippen molar-refractivity contribution in [2.75, 3.05) is 5.32 Å². The second-order valence-corrected chi connectivity index (χ2v) is 6.35. The van der Waals surface area contributed by atoms with Crippen LogP contribution in [0.25, 0.3) is 11.4 Å². The van der Waals surface area contributed by atoms with Gasteiger partial charge in [-0.15, -0.1) is 0 Å². The van der Waals surface area contributed by atoms with Crippen LogP contribution in [0.2, 0.25) is 0 Å². The maximum absolute atomic E-state index is 14.5. The van der Waals surface area contributed by atoms with Crippen LogP contribution in [0.3, 0.4) is 0 Å². The number of hydrogen-bond acceptors (Lipinski definition) is 3. The minimum absolute atomic E-state index is 0.231. The van der Waals surface area contributed by atoms with E-state index in [-0.39, 0.29) is 5.56 Å². The van der Waals surface area contributed by atoms with Crippen LogP contribution in [0.1, 0.15) is 22.0 Å². The average molecular weight is 375 g/mol. The topological polar surface area (TPSA) is 64.7 Å². The van der Waals surface area contributed by atoms with Gasteiger partial charge in [0.1, 0.15) is 17.5 Å². The Kier molecular flexibility index (Phi) is 4.49. The van der Waals surface area contributed by atoms with Crippen LogP contribution in [0.5, 0.6) is 0 Å². The summed E-state index contributed by atoms with van der Waals surface area (Å²) in [6.45, 7) is 3.65. The van der Waals surface area contributed by atoms with Crippen molar-refractivity contribution >= 4 is 11.6 Å². The monoisotopic (exact) mass is 375 g/mol. The Balaban J connectivity index is 1.63. The smallest absolute Gasteiger partial charge is 0.255 e. The molecule has 140 valence electrons. The molecule has 0 aliphatic heterocycles. The molecule has 4 rings (SSSR count). The highest BCUT2D eigenvalue weighted by Crippen LogP contribution is 2.22. The number of carbonyl (C=O) groups excluding carboxylic acids is 1. The van der Waals surface area contributed by atoms with Crippen molar-refractivity contribution < 1.29 is 9.18 Å². The van der Waals surface area contributed by atoms with Gasteiger partial charge in [0.25, 0.3) is 5.91 Å². The van der Waals surface area contributed by atoms with Crippen LogP contribution < -0.4 is 5.32 Å². The number of nitrogens with zero attached hydrogens (tertiary/aromatic N) is 4. The fourth-order valence-corrected chi connectivity index (χ4v) is 3.06. The summed E-state index contributed by atoms with van der Waals surface area (Å²) >= 11 is 0. The number of para-hydroxylation sites is 2. The van der Waals surface area contributed by atoms with Gasteiger partial charge in [-0.05, 0) is 56.3 Å². The number of rotatable bonds is 4. The molecule has 0 bridgehead atoms. The molecule has 0 aliphatic carbocycles. The predicted octanol–water partition coefficient (Wildman–Crippen LogP) is 4.07. The van der Waals surface area contributed by atoms with E-state index in [9.17, 15) is 9.18 Å². The second-order valence-electron chi connectivity index (χ2n) is 6.35. The van der Waals surface area contributed by atoms with E-state index in [0.717, 1.165) is 0 Å². The molecular weight excluding hydrogens is 357 g/mol. The summed E-state index contributed by atoms with van der Waals surface area (Å²) in [5.74, 6) is 0.474. The van der Waals surface area contributed by atoms with Crippen LogP contribution in [0.15, 0.2) is 67.0 Å². The first kappa shape index (κ1) is 17.7. The van der Waals surface area contributed by atoms with Gasteiger partial charge in [0.05, 0.1) is 17.1 Å². The van der Waals surface area contributed by atoms with E-state index in [0.29, 0.717) is 28.7 Å². The van der Waals surface area contributed by atoms with Gasteiger partial charge in [0, 0.05) is 18.0 Å². The van der Waals surface area contributed by atoms with Crippen LogP contribution in [-0.4, -0.2) is 25.2 Å². The zero-order chi connectivity index (χ0) is 19.7. The lowest BCUT2D eigenvalue weighted by atomic mass is 10.1. The first-order valence-corrected chi connectivity index (χ1v) is 8.77. The molecular formula is C21H18FN5O. The molecule has 0 saturated heterocycles. The normalized spacial score (nSPS) is 10.8. The lowest BCUT2D eigenvalue weighted by molar-refractivity contribution is 0.102. The molecule has 1 N–H and O–H groups in total. The molecule has 2 aromatic carbocycles. The third-order valence-electron chi connectivity index (χ3n) is 4.35. The molecule has 6 nitrogen and oxygen atoms in total. The molecule has 1 amide bonds. The SMILES string of the molecule is Cc1nc(C)n(-c2ccccc2NC(=O)c2ccc(-n3cccc3)c(F)c2)n1. The van der Waals surface area contributed by atoms with Gasteiger partial charge in [-0.1, -0.05) is 12.1 Å². The van der Waals surface area contributed by atoms with Crippen LogP contribution in [-0.2, 0) is 0 Å². The molecule has 0 atom stereocenters. The number of amides is 1. The number of benzene rings is 2. The zero-order valence-electron chi connectivity index (χ0n) is 15.4. The van der Waals surface area contributed by atoms with Gasteiger partial charge in [0.15, 0.2) is 0 Å². The Bertz CT molecular complexity index is 1150. The molecule has 4 aromatic rings. The summed E-state index contributed by atoms with van der Waals surface area (Å²) in [6.07, 6.45) is 3.49. The number of aryl methyl sites for hydroxylation is 2. The van der Waals surface area contributed by atoms with E-state index < -0.39 is 11.7 Å². The van der Waals surface area contributed by atoms with Gasteiger partial charge in [-0.2, -0.15) is 5.10 Å². The number of anilines is 1. The van der Waals surface area contributed by atoms with Crippen molar-refractivity contribution in [3.05, 3.63) is 90.0 Å². The third kappa shape index (κ3) is 3.29.